The molecule has 0 saturated carbocycles. The van der Waals surface area contributed by atoms with Crippen LogP contribution in [0.5, 0.6) is 0 Å². The fourth-order valence-electron chi connectivity index (χ4n) is 0.519. The largest absolute Gasteiger partial charge is 2.00 e. The van der Waals surface area contributed by atoms with Crippen molar-refractivity contribution in [2.24, 2.45) is 0 Å². The predicted octanol–water partition coefficient (Wildman–Crippen LogP) is 0.776. The first kappa shape index (κ1) is 17.7. The summed E-state index contributed by atoms with van der Waals surface area (Å²) in [6.45, 7) is 7.04. The first-order valence-corrected chi connectivity index (χ1v) is 3.68. The van der Waals surface area contributed by atoms with E-state index in [1.807, 2.05) is 6.92 Å². The van der Waals surface area contributed by atoms with Crippen LogP contribution in [0, 0.1) is 6.92 Å². The zero-order valence-electron chi connectivity index (χ0n) is 7.56. The van der Waals surface area contributed by atoms with Gasteiger partial charge in [-0.15, -0.1) is 0 Å². The van der Waals surface area contributed by atoms with Gasteiger partial charge < -0.3 is 16.8 Å². The van der Waals surface area contributed by atoms with E-state index in [0.29, 0.717) is 0 Å². The molecule has 2 nitrogen and oxygen atoms in total. The summed E-state index contributed by atoms with van der Waals surface area (Å²) in [6.07, 6.45) is 3.04. The molecule has 0 aromatic heterocycles. The molecule has 62 valence electrons. The SMILES string of the molecule is CCCCCC(=O)[O-].[CH2-]C.[Ca+2]. The van der Waals surface area contributed by atoms with E-state index in [0.717, 1.165) is 19.3 Å². The average molecular weight is 184 g/mol. The molecule has 0 aliphatic rings. The average Bonchev–Trinajstić information content (AvgIpc) is 1.92. The first-order valence-electron chi connectivity index (χ1n) is 3.68. The quantitative estimate of drug-likeness (QED) is 0.368. The molecule has 0 spiro atoms. The topological polar surface area (TPSA) is 40.1 Å². The number of carboxylic acid groups (broad SMARTS) is 1. The molecule has 0 aromatic carbocycles. The van der Waals surface area contributed by atoms with Gasteiger partial charge in [0.2, 0.25) is 0 Å². The molecule has 0 N–H and O–H groups in total. The van der Waals surface area contributed by atoms with Gasteiger partial charge in [-0.3, -0.25) is 0 Å². The third-order valence-corrected chi connectivity index (χ3v) is 0.984. The summed E-state index contributed by atoms with van der Waals surface area (Å²) in [6, 6.07) is 0. The smallest absolute Gasteiger partial charge is 0.550 e. The van der Waals surface area contributed by atoms with Gasteiger partial charge in [-0.1, -0.05) is 19.8 Å². The van der Waals surface area contributed by atoms with Gasteiger partial charge in [0.25, 0.3) is 0 Å². The fourth-order valence-corrected chi connectivity index (χ4v) is 0.519. The third-order valence-electron chi connectivity index (χ3n) is 0.984. The molecule has 0 heterocycles. The van der Waals surface area contributed by atoms with E-state index in [9.17, 15) is 9.90 Å². The van der Waals surface area contributed by atoms with Gasteiger partial charge >= 0.3 is 37.7 Å². The van der Waals surface area contributed by atoms with Gasteiger partial charge in [0.15, 0.2) is 0 Å². The molecule has 0 radical (unpaired) electrons. The van der Waals surface area contributed by atoms with Crippen molar-refractivity contribution >= 4 is 43.7 Å². The van der Waals surface area contributed by atoms with E-state index in [4.69, 9.17) is 0 Å². The van der Waals surface area contributed by atoms with Crippen molar-refractivity contribution < 1.29 is 9.90 Å². The normalized spacial score (nSPS) is 7.18. The van der Waals surface area contributed by atoms with Crippen LogP contribution in [0.4, 0.5) is 0 Å². The van der Waals surface area contributed by atoms with Gasteiger partial charge in [-0.25, -0.2) is 0 Å². The maximum atomic E-state index is 9.76. The van der Waals surface area contributed by atoms with E-state index in [-0.39, 0.29) is 44.2 Å². The fraction of sp³-hybridized carbons (Fsp3) is 0.750. The number of aliphatic carboxylic acids is 1. The van der Waals surface area contributed by atoms with Crippen LogP contribution >= 0.6 is 0 Å². The molecular formula is C8H16CaO2. The van der Waals surface area contributed by atoms with E-state index >= 15 is 0 Å². The number of hydrogen-bond donors (Lipinski definition) is 0. The number of rotatable bonds is 4. The van der Waals surface area contributed by atoms with Crippen molar-refractivity contribution in [3.8, 4) is 0 Å². The minimum atomic E-state index is -0.932. The van der Waals surface area contributed by atoms with Gasteiger partial charge in [0, 0.05) is 5.97 Å². The maximum Gasteiger partial charge on any atom is 2.00 e. The Morgan fingerprint density at radius 1 is 1.36 bits per heavy atom. The zero-order chi connectivity index (χ0) is 8.41. The van der Waals surface area contributed by atoms with Crippen molar-refractivity contribution in [2.45, 2.75) is 39.5 Å². The van der Waals surface area contributed by atoms with Crippen molar-refractivity contribution in [3.05, 3.63) is 6.92 Å². The molecule has 11 heavy (non-hydrogen) atoms. The third kappa shape index (κ3) is 24.9. The Morgan fingerprint density at radius 3 is 2.09 bits per heavy atom. The number of carbonyl (C=O) groups excluding carboxylic acids is 1. The molecular weight excluding hydrogens is 168 g/mol. The predicted molar refractivity (Wildman–Crippen MR) is 45.9 cm³/mol. The van der Waals surface area contributed by atoms with Gasteiger partial charge in [-0.2, -0.15) is 6.92 Å². The van der Waals surface area contributed by atoms with Crippen molar-refractivity contribution in [1.29, 1.82) is 0 Å². The van der Waals surface area contributed by atoms with Gasteiger partial charge in [0.05, 0.1) is 0 Å². The summed E-state index contributed by atoms with van der Waals surface area (Å²) in [5.74, 6) is -0.932. The standard InChI is InChI=1S/C6H12O2.C2H5.Ca/c1-2-3-4-5-6(7)8;1-2;/h2-5H2,1H3,(H,7,8);1H2,2H3;/q;-1;+2/p-1. The maximum absolute atomic E-state index is 9.76. The molecule has 0 atom stereocenters. The Kier molecular flexibility index (Phi) is 27.4. The van der Waals surface area contributed by atoms with Crippen LogP contribution in [-0.2, 0) is 4.79 Å². The molecule has 0 aromatic rings. The summed E-state index contributed by atoms with van der Waals surface area (Å²) in [5.41, 5.74) is 0. The van der Waals surface area contributed by atoms with Crippen LogP contribution in [0.25, 0.3) is 0 Å². The Bertz CT molecular complexity index is 74.5. The van der Waals surface area contributed by atoms with E-state index in [1.165, 1.54) is 0 Å². The zero-order valence-corrected chi connectivity index (χ0v) is 9.77. The Balaban J connectivity index is -0.000000196. The second-order valence-corrected chi connectivity index (χ2v) is 1.83. The van der Waals surface area contributed by atoms with Crippen LogP contribution in [0.3, 0.4) is 0 Å². The van der Waals surface area contributed by atoms with E-state index in [1.54, 1.807) is 6.92 Å². The molecule has 0 unspecified atom stereocenters. The minimum Gasteiger partial charge on any atom is -0.550 e. The van der Waals surface area contributed by atoms with E-state index < -0.39 is 5.97 Å². The van der Waals surface area contributed by atoms with Crippen molar-refractivity contribution in [1.82, 2.24) is 0 Å². The number of carbonyl (C=O) groups is 1. The second-order valence-electron chi connectivity index (χ2n) is 1.83. The van der Waals surface area contributed by atoms with Crippen LogP contribution < -0.4 is 5.11 Å². The number of carboxylic acids is 1. The Labute approximate surface area is 99.4 Å². The Morgan fingerprint density at radius 2 is 1.82 bits per heavy atom. The summed E-state index contributed by atoms with van der Waals surface area (Å²) in [5, 5.41) is 9.76. The molecule has 3 heteroatoms. The van der Waals surface area contributed by atoms with Gasteiger partial charge in [-0.05, 0) is 12.8 Å². The summed E-state index contributed by atoms with van der Waals surface area (Å²) in [4.78, 5) is 9.76. The van der Waals surface area contributed by atoms with Crippen LogP contribution in [0.15, 0.2) is 0 Å². The summed E-state index contributed by atoms with van der Waals surface area (Å²) < 4.78 is 0. The minimum absolute atomic E-state index is 0. The molecule has 0 aliphatic heterocycles. The first-order chi connectivity index (χ1) is 4.77. The number of unbranched alkanes of at least 4 members (excludes halogenated alkanes) is 2. The molecule has 0 saturated heterocycles. The van der Waals surface area contributed by atoms with Gasteiger partial charge in [0.1, 0.15) is 0 Å². The van der Waals surface area contributed by atoms with Crippen molar-refractivity contribution in [3.63, 3.8) is 0 Å². The molecule has 0 fully saturated rings. The van der Waals surface area contributed by atoms with Crippen LogP contribution in [-0.4, -0.2) is 43.7 Å². The monoisotopic (exact) mass is 184 g/mol. The summed E-state index contributed by atoms with van der Waals surface area (Å²) in [7, 11) is 0. The van der Waals surface area contributed by atoms with E-state index in [2.05, 4.69) is 6.92 Å². The van der Waals surface area contributed by atoms with Crippen LogP contribution in [0.2, 0.25) is 0 Å². The second kappa shape index (κ2) is 17.0. The molecule has 0 aliphatic carbocycles. The Hall–Kier alpha value is 0.730. The summed E-state index contributed by atoms with van der Waals surface area (Å²) >= 11 is 0. The number of hydrogen-bond acceptors (Lipinski definition) is 2. The van der Waals surface area contributed by atoms with Crippen molar-refractivity contribution in [2.75, 3.05) is 0 Å². The molecule has 0 rings (SSSR count). The van der Waals surface area contributed by atoms with Crippen LogP contribution in [0.1, 0.15) is 39.5 Å². The molecule has 0 bridgehead atoms. The molecule has 0 amide bonds.